The van der Waals surface area contributed by atoms with Gasteiger partial charge in [-0.2, -0.15) is 0 Å². The summed E-state index contributed by atoms with van der Waals surface area (Å²) in [5, 5.41) is 0. The van der Waals surface area contributed by atoms with E-state index in [2.05, 4.69) is 13.8 Å². The number of aryl methyl sites for hydroxylation is 1. The predicted molar refractivity (Wildman–Crippen MR) is 121 cm³/mol. The fourth-order valence-electron chi connectivity index (χ4n) is 4.33. The van der Waals surface area contributed by atoms with E-state index in [-0.39, 0.29) is 28.9 Å². The molecule has 2 fully saturated rings. The van der Waals surface area contributed by atoms with Crippen LogP contribution in [0, 0.1) is 12.8 Å². The summed E-state index contributed by atoms with van der Waals surface area (Å²) >= 11 is 0. The molecule has 164 valence electrons. The molecule has 4 rings (SSSR count). The van der Waals surface area contributed by atoms with E-state index in [1.807, 2.05) is 35.2 Å². The maximum atomic E-state index is 13.3. The number of carbonyl (C=O) groups is 2. The fourth-order valence-corrected chi connectivity index (χ4v) is 4.33. The van der Waals surface area contributed by atoms with Gasteiger partial charge in [0.25, 0.3) is 11.5 Å². The molecule has 0 spiro atoms. The van der Waals surface area contributed by atoms with Crippen molar-refractivity contribution in [2.75, 3.05) is 26.2 Å². The fraction of sp³-hybridized carbons (Fsp3) is 0.480. The molecule has 2 aromatic rings. The Hall–Kier alpha value is -2.89. The number of hydrogen-bond acceptors (Lipinski definition) is 3. The van der Waals surface area contributed by atoms with E-state index >= 15 is 0 Å². The minimum atomic E-state index is -0.293. The van der Waals surface area contributed by atoms with Crippen LogP contribution in [-0.4, -0.2) is 52.4 Å². The zero-order chi connectivity index (χ0) is 22.1. The van der Waals surface area contributed by atoms with Crippen LogP contribution in [0.25, 0.3) is 5.69 Å². The molecule has 31 heavy (non-hydrogen) atoms. The zero-order valence-electron chi connectivity index (χ0n) is 18.6. The van der Waals surface area contributed by atoms with Crippen LogP contribution < -0.4 is 5.56 Å². The van der Waals surface area contributed by atoms with Gasteiger partial charge in [0, 0.05) is 44.0 Å². The molecule has 1 aromatic heterocycles. The Kier molecular flexibility index (Phi) is 5.99. The van der Waals surface area contributed by atoms with Crippen molar-refractivity contribution in [3.63, 3.8) is 0 Å². The number of aromatic nitrogens is 1. The highest BCUT2D eigenvalue weighted by molar-refractivity contribution is 5.95. The molecule has 2 amide bonds. The summed E-state index contributed by atoms with van der Waals surface area (Å²) in [7, 11) is 0. The lowest BCUT2D eigenvalue weighted by atomic mass is 9.84. The number of pyridine rings is 1. The van der Waals surface area contributed by atoms with Gasteiger partial charge in [-0.15, -0.1) is 0 Å². The van der Waals surface area contributed by atoms with Crippen LogP contribution >= 0.6 is 0 Å². The van der Waals surface area contributed by atoms with E-state index in [1.54, 1.807) is 22.6 Å². The number of rotatable bonds is 4. The monoisotopic (exact) mass is 421 g/mol. The summed E-state index contributed by atoms with van der Waals surface area (Å²) in [5.74, 6) is 0.503. The topological polar surface area (TPSA) is 62.6 Å². The Bertz CT molecular complexity index is 1040. The molecule has 1 saturated carbocycles. The van der Waals surface area contributed by atoms with E-state index < -0.39 is 0 Å². The number of nitrogens with zero attached hydrogens (tertiary/aromatic N) is 3. The summed E-state index contributed by atoms with van der Waals surface area (Å²) in [4.78, 5) is 42.7. The molecular formula is C25H31N3O3. The van der Waals surface area contributed by atoms with Gasteiger partial charge in [0.05, 0.1) is 0 Å². The lowest BCUT2D eigenvalue weighted by Gasteiger charge is -2.38. The van der Waals surface area contributed by atoms with Crippen molar-refractivity contribution in [2.24, 2.45) is 5.92 Å². The molecule has 0 radical (unpaired) electrons. The normalized spacial score (nSPS) is 17.0. The molecule has 2 heterocycles. The number of hydrogen-bond donors (Lipinski definition) is 0. The number of benzene rings is 1. The van der Waals surface area contributed by atoms with Crippen molar-refractivity contribution >= 4 is 11.8 Å². The van der Waals surface area contributed by atoms with E-state index in [1.165, 1.54) is 0 Å². The van der Waals surface area contributed by atoms with Gasteiger partial charge in [0.15, 0.2) is 0 Å². The first kappa shape index (κ1) is 21.3. The summed E-state index contributed by atoms with van der Waals surface area (Å²) < 4.78 is 1.56. The van der Waals surface area contributed by atoms with Crippen molar-refractivity contribution < 1.29 is 9.59 Å². The van der Waals surface area contributed by atoms with Gasteiger partial charge in [-0.05, 0) is 55.0 Å². The third-order valence-electron chi connectivity index (χ3n) is 6.66. The summed E-state index contributed by atoms with van der Waals surface area (Å²) in [5.41, 5.74) is 2.51. The average Bonchev–Trinajstić information content (AvgIpc) is 2.72. The molecule has 0 bridgehead atoms. The molecule has 1 aliphatic carbocycles. The van der Waals surface area contributed by atoms with E-state index in [9.17, 15) is 14.4 Å². The van der Waals surface area contributed by atoms with E-state index in [4.69, 9.17) is 0 Å². The second-order valence-electron chi connectivity index (χ2n) is 9.04. The van der Waals surface area contributed by atoms with Crippen molar-refractivity contribution in [3.8, 4) is 5.69 Å². The van der Waals surface area contributed by atoms with Crippen LogP contribution in [-0.2, 0) is 4.79 Å². The maximum Gasteiger partial charge on any atom is 0.268 e. The summed E-state index contributed by atoms with van der Waals surface area (Å²) in [6.45, 7) is 8.04. The quantitative estimate of drug-likeness (QED) is 0.761. The molecular weight excluding hydrogens is 390 g/mol. The standard InChI is InChI=1S/C25H31N3O3/c1-17(2)20-8-5-9-21(16-20)28-11-10-18(3)22(25(28)31)24(30)27-14-12-26(13-15-27)23(29)19-6-4-7-19/h5,8-11,16-17,19H,4,6-7,12-15H2,1-3H3. The molecule has 0 unspecified atom stereocenters. The number of carbonyl (C=O) groups excluding carboxylic acids is 2. The largest absolute Gasteiger partial charge is 0.339 e. The molecule has 1 aromatic carbocycles. The molecule has 6 nitrogen and oxygen atoms in total. The summed E-state index contributed by atoms with van der Waals surface area (Å²) in [6, 6.07) is 9.70. The third kappa shape index (κ3) is 4.16. The van der Waals surface area contributed by atoms with Crippen LogP contribution in [0.1, 0.15) is 60.5 Å². The van der Waals surface area contributed by atoms with Crippen LogP contribution in [0.3, 0.4) is 0 Å². The van der Waals surface area contributed by atoms with Crippen LogP contribution in [0.5, 0.6) is 0 Å². The van der Waals surface area contributed by atoms with Gasteiger partial charge < -0.3 is 9.80 Å². The van der Waals surface area contributed by atoms with Crippen LogP contribution in [0.4, 0.5) is 0 Å². The first-order chi connectivity index (χ1) is 14.9. The Morgan fingerprint density at radius 1 is 1.00 bits per heavy atom. The first-order valence-electron chi connectivity index (χ1n) is 11.3. The van der Waals surface area contributed by atoms with E-state index in [0.717, 1.165) is 30.5 Å². The third-order valence-corrected chi connectivity index (χ3v) is 6.66. The van der Waals surface area contributed by atoms with Crippen LogP contribution in [0.2, 0.25) is 0 Å². The second-order valence-corrected chi connectivity index (χ2v) is 9.04. The molecule has 0 N–H and O–H groups in total. The maximum absolute atomic E-state index is 13.3. The molecule has 2 aliphatic rings. The Labute approximate surface area is 183 Å². The predicted octanol–water partition coefficient (Wildman–Crippen LogP) is 3.35. The minimum absolute atomic E-state index is 0.174. The first-order valence-corrected chi connectivity index (χ1v) is 11.3. The van der Waals surface area contributed by atoms with Crippen molar-refractivity contribution in [1.82, 2.24) is 14.4 Å². The Morgan fingerprint density at radius 2 is 1.68 bits per heavy atom. The molecule has 0 atom stereocenters. The Morgan fingerprint density at radius 3 is 2.29 bits per heavy atom. The molecule has 6 heteroatoms. The Balaban J connectivity index is 1.55. The highest BCUT2D eigenvalue weighted by atomic mass is 16.2. The van der Waals surface area contributed by atoms with Gasteiger partial charge in [-0.3, -0.25) is 19.0 Å². The number of amides is 2. The molecule has 1 saturated heterocycles. The SMILES string of the molecule is Cc1ccn(-c2cccc(C(C)C)c2)c(=O)c1C(=O)N1CCN(C(=O)C2CCC2)CC1. The number of piperazine rings is 1. The lowest BCUT2D eigenvalue weighted by Crippen LogP contribution is -2.53. The highest BCUT2D eigenvalue weighted by Gasteiger charge is 2.33. The average molecular weight is 422 g/mol. The van der Waals surface area contributed by atoms with Crippen molar-refractivity contribution in [2.45, 2.75) is 46.0 Å². The highest BCUT2D eigenvalue weighted by Crippen LogP contribution is 2.28. The van der Waals surface area contributed by atoms with Gasteiger partial charge in [-0.1, -0.05) is 32.4 Å². The van der Waals surface area contributed by atoms with Gasteiger partial charge in [0.2, 0.25) is 5.91 Å². The zero-order valence-corrected chi connectivity index (χ0v) is 18.6. The van der Waals surface area contributed by atoms with Gasteiger partial charge in [0.1, 0.15) is 5.56 Å². The van der Waals surface area contributed by atoms with E-state index in [0.29, 0.717) is 37.7 Å². The van der Waals surface area contributed by atoms with Gasteiger partial charge >= 0.3 is 0 Å². The minimum Gasteiger partial charge on any atom is -0.339 e. The van der Waals surface area contributed by atoms with Gasteiger partial charge in [-0.25, -0.2) is 0 Å². The lowest BCUT2D eigenvalue weighted by molar-refractivity contribution is -0.139. The summed E-state index contributed by atoms with van der Waals surface area (Å²) in [6.07, 6.45) is 4.84. The smallest absolute Gasteiger partial charge is 0.268 e. The molecule has 1 aliphatic heterocycles. The van der Waals surface area contributed by atoms with Crippen LogP contribution in [0.15, 0.2) is 41.3 Å². The van der Waals surface area contributed by atoms with Crippen molar-refractivity contribution in [1.29, 1.82) is 0 Å². The second kappa shape index (κ2) is 8.69. The van der Waals surface area contributed by atoms with Crippen molar-refractivity contribution in [3.05, 3.63) is 63.6 Å².